The Balaban J connectivity index is 1.35. The molecule has 0 radical (unpaired) electrons. The summed E-state index contributed by atoms with van der Waals surface area (Å²) in [5, 5.41) is 1.30. The van der Waals surface area contributed by atoms with Gasteiger partial charge in [-0.2, -0.15) is 0 Å². The second kappa shape index (κ2) is 5.65. The quantitative estimate of drug-likeness (QED) is 0.871. The van der Waals surface area contributed by atoms with E-state index in [2.05, 4.69) is 40.3 Å². The number of aromatic amines is 1. The summed E-state index contributed by atoms with van der Waals surface area (Å²) in [4.78, 5) is 18.8. The van der Waals surface area contributed by atoms with Crippen LogP contribution in [0.15, 0.2) is 30.5 Å². The lowest BCUT2D eigenvalue weighted by atomic mass is 9.78. The minimum atomic E-state index is 0.227. The fourth-order valence-electron chi connectivity index (χ4n) is 5.32. The maximum absolute atomic E-state index is 13.2. The zero-order chi connectivity index (χ0) is 16.1. The normalized spacial score (nSPS) is 32.6. The molecular formula is C21H26N2O. The predicted octanol–water partition coefficient (Wildman–Crippen LogP) is 4.45. The van der Waals surface area contributed by atoms with Gasteiger partial charge in [-0.15, -0.1) is 0 Å². The molecule has 24 heavy (non-hydrogen) atoms. The molecule has 3 fully saturated rings. The number of aromatic nitrogens is 1. The fraction of sp³-hybridized carbons (Fsp3) is 0.571. The van der Waals surface area contributed by atoms with Crippen molar-refractivity contribution in [3.05, 3.63) is 36.0 Å². The molecule has 2 saturated carbocycles. The first-order valence-electron chi connectivity index (χ1n) is 9.69. The molecule has 126 valence electrons. The molecule has 2 heterocycles. The number of carbonyl (C=O) groups excluding carboxylic acids is 1. The highest BCUT2D eigenvalue weighted by molar-refractivity contribution is 5.88. The van der Waals surface area contributed by atoms with Crippen molar-refractivity contribution in [1.29, 1.82) is 0 Å². The number of nitrogens with zero attached hydrogens (tertiary/aromatic N) is 1. The molecule has 3 nitrogen and oxygen atoms in total. The van der Waals surface area contributed by atoms with Gasteiger partial charge < -0.3 is 9.88 Å². The van der Waals surface area contributed by atoms with Gasteiger partial charge in [-0.05, 0) is 55.6 Å². The third-order valence-electron chi connectivity index (χ3n) is 6.65. The molecule has 0 spiro atoms. The molecule has 1 aliphatic heterocycles. The van der Waals surface area contributed by atoms with Gasteiger partial charge in [0.25, 0.3) is 0 Å². The Kier molecular flexibility index (Phi) is 3.43. The van der Waals surface area contributed by atoms with E-state index in [-0.39, 0.29) is 5.92 Å². The summed E-state index contributed by atoms with van der Waals surface area (Å²) in [5.41, 5.74) is 2.54. The van der Waals surface area contributed by atoms with Gasteiger partial charge in [0.2, 0.25) is 5.91 Å². The first kappa shape index (κ1) is 14.6. The van der Waals surface area contributed by atoms with Crippen LogP contribution in [-0.4, -0.2) is 28.4 Å². The lowest BCUT2D eigenvalue weighted by Gasteiger charge is -2.44. The summed E-state index contributed by atoms with van der Waals surface area (Å²) in [6.07, 6.45) is 11.0. The number of fused-ring (bicyclic) bond motifs is 2. The third-order valence-corrected chi connectivity index (χ3v) is 6.65. The topological polar surface area (TPSA) is 36.1 Å². The minimum absolute atomic E-state index is 0.227. The first-order chi connectivity index (χ1) is 11.8. The Hall–Kier alpha value is -1.77. The van der Waals surface area contributed by atoms with Gasteiger partial charge in [-0.3, -0.25) is 4.79 Å². The van der Waals surface area contributed by atoms with Crippen molar-refractivity contribution >= 4 is 16.8 Å². The van der Waals surface area contributed by atoms with E-state index in [1.807, 2.05) is 0 Å². The molecule has 1 aromatic carbocycles. The minimum Gasteiger partial charge on any atom is -0.361 e. The number of amides is 1. The van der Waals surface area contributed by atoms with Crippen LogP contribution >= 0.6 is 0 Å². The number of hydrogen-bond acceptors (Lipinski definition) is 1. The number of carbonyl (C=O) groups is 1. The highest BCUT2D eigenvalue weighted by Crippen LogP contribution is 2.51. The highest BCUT2D eigenvalue weighted by atomic mass is 16.2. The number of piperidine rings is 1. The molecule has 1 saturated heterocycles. The maximum Gasteiger partial charge on any atom is 0.226 e. The molecule has 5 rings (SSSR count). The van der Waals surface area contributed by atoms with Crippen LogP contribution in [0.3, 0.4) is 0 Å². The average molecular weight is 322 g/mol. The zero-order valence-corrected chi connectivity index (χ0v) is 14.2. The van der Waals surface area contributed by atoms with Crippen LogP contribution in [0, 0.1) is 11.8 Å². The molecule has 1 aromatic heterocycles. The van der Waals surface area contributed by atoms with Crippen molar-refractivity contribution in [2.75, 3.05) is 6.54 Å². The Morgan fingerprint density at radius 3 is 2.88 bits per heavy atom. The van der Waals surface area contributed by atoms with Gasteiger partial charge in [-0.1, -0.05) is 31.0 Å². The average Bonchev–Trinajstić information content (AvgIpc) is 3.32. The predicted molar refractivity (Wildman–Crippen MR) is 95.8 cm³/mol. The van der Waals surface area contributed by atoms with Crippen molar-refractivity contribution < 1.29 is 4.79 Å². The number of likely N-dealkylation sites (tertiary alicyclic amines) is 1. The van der Waals surface area contributed by atoms with Gasteiger partial charge in [0.1, 0.15) is 0 Å². The Labute approximate surface area is 143 Å². The van der Waals surface area contributed by atoms with Crippen LogP contribution in [0.5, 0.6) is 0 Å². The molecular weight excluding hydrogens is 296 g/mol. The molecule has 1 amide bonds. The lowest BCUT2D eigenvalue weighted by Crippen LogP contribution is -2.50. The van der Waals surface area contributed by atoms with Crippen molar-refractivity contribution in [2.24, 2.45) is 11.8 Å². The van der Waals surface area contributed by atoms with Crippen molar-refractivity contribution in [3.8, 4) is 0 Å². The lowest BCUT2D eigenvalue weighted by molar-refractivity contribution is -0.139. The summed E-state index contributed by atoms with van der Waals surface area (Å²) < 4.78 is 0. The van der Waals surface area contributed by atoms with E-state index in [1.165, 1.54) is 55.0 Å². The van der Waals surface area contributed by atoms with E-state index in [9.17, 15) is 4.79 Å². The molecule has 2 aliphatic carbocycles. The summed E-state index contributed by atoms with van der Waals surface area (Å²) in [7, 11) is 0. The summed E-state index contributed by atoms with van der Waals surface area (Å²) in [6, 6.07) is 9.00. The smallest absolute Gasteiger partial charge is 0.226 e. The van der Waals surface area contributed by atoms with E-state index in [0.717, 1.165) is 18.9 Å². The van der Waals surface area contributed by atoms with Gasteiger partial charge in [0.05, 0.1) is 0 Å². The van der Waals surface area contributed by atoms with Gasteiger partial charge in [0.15, 0.2) is 0 Å². The van der Waals surface area contributed by atoms with Crippen LogP contribution in [-0.2, 0) is 4.79 Å². The molecule has 3 aliphatic rings. The summed E-state index contributed by atoms with van der Waals surface area (Å²) in [6.45, 7) is 0.997. The van der Waals surface area contributed by atoms with E-state index in [4.69, 9.17) is 0 Å². The van der Waals surface area contributed by atoms with E-state index in [0.29, 0.717) is 17.9 Å². The summed E-state index contributed by atoms with van der Waals surface area (Å²) >= 11 is 0. The monoisotopic (exact) mass is 322 g/mol. The van der Waals surface area contributed by atoms with Gasteiger partial charge >= 0.3 is 0 Å². The van der Waals surface area contributed by atoms with Crippen molar-refractivity contribution in [3.63, 3.8) is 0 Å². The fourth-order valence-corrected chi connectivity index (χ4v) is 5.32. The molecule has 2 aromatic rings. The van der Waals surface area contributed by atoms with Gasteiger partial charge in [-0.25, -0.2) is 0 Å². The van der Waals surface area contributed by atoms with Crippen molar-refractivity contribution in [2.45, 2.75) is 56.9 Å². The second-order valence-corrected chi connectivity index (χ2v) is 8.02. The first-order valence-corrected chi connectivity index (χ1v) is 9.69. The SMILES string of the molecule is O=C(C1CC1c1c[nH]c2ccccc12)N1CCCC2CCCCC21. The van der Waals surface area contributed by atoms with Crippen LogP contribution < -0.4 is 0 Å². The van der Waals surface area contributed by atoms with Crippen LogP contribution in [0.4, 0.5) is 0 Å². The van der Waals surface area contributed by atoms with E-state index >= 15 is 0 Å². The number of benzene rings is 1. The number of rotatable bonds is 2. The van der Waals surface area contributed by atoms with Crippen LogP contribution in [0.25, 0.3) is 10.9 Å². The summed E-state index contributed by atoms with van der Waals surface area (Å²) in [5.74, 6) is 1.88. The molecule has 4 unspecified atom stereocenters. The second-order valence-electron chi connectivity index (χ2n) is 8.02. The van der Waals surface area contributed by atoms with Crippen molar-refractivity contribution in [1.82, 2.24) is 9.88 Å². The van der Waals surface area contributed by atoms with E-state index in [1.54, 1.807) is 0 Å². The largest absolute Gasteiger partial charge is 0.361 e. The highest BCUT2D eigenvalue weighted by Gasteiger charge is 2.49. The number of nitrogens with one attached hydrogen (secondary N) is 1. The molecule has 0 bridgehead atoms. The van der Waals surface area contributed by atoms with Crippen LogP contribution in [0.1, 0.15) is 56.4 Å². The number of H-pyrrole nitrogens is 1. The standard InChI is InChI=1S/C21H26N2O/c24-21(23-11-5-7-14-6-1-4-10-20(14)23)17-12-16(17)18-13-22-19-9-3-2-8-15(18)19/h2-3,8-9,13-14,16-17,20,22H,1,4-7,10-12H2. The molecule has 1 N–H and O–H groups in total. The Morgan fingerprint density at radius 2 is 1.92 bits per heavy atom. The Morgan fingerprint density at radius 1 is 1.08 bits per heavy atom. The number of hydrogen-bond donors (Lipinski definition) is 1. The van der Waals surface area contributed by atoms with Crippen LogP contribution in [0.2, 0.25) is 0 Å². The Bertz CT molecular complexity index is 762. The third kappa shape index (κ3) is 2.28. The maximum atomic E-state index is 13.2. The molecule has 3 heteroatoms. The number of para-hydroxylation sites is 1. The van der Waals surface area contributed by atoms with E-state index < -0.39 is 0 Å². The zero-order valence-electron chi connectivity index (χ0n) is 14.2. The van der Waals surface area contributed by atoms with Gasteiger partial charge in [0, 0.05) is 35.6 Å². The molecule has 4 atom stereocenters.